The lowest BCUT2D eigenvalue weighted by Crippen LogP contribution is -2.42. The number of amides is 2. The number of methoxy groups -OCH3 is 1. The van der Waals surface area contributed by atoms with Crippen LogP contribution in [0.3, 0.4) is 0 Å². The van der Waals surface area contributed by atoms with Crippen molar-refractivity contribution in [3.8, 4) is 5.75 Å². The van der Waals surface area contributed by atoms with Gasteiger partial charge in [0, 0.05) is 16.1 Å². The SMILES string of the molecule is COc1ccccc1/C=[N+]1\NC(=O)[C@@H](NC(=O)c2ccccc2)[C@H]1c1ccc(Cl)cc1. The van der Waals surface area contributed by atoms with Gasteiger partial charge in [-0.1, -0.05) is 54.1 Å². The van der Waals surface area contributed by atoms with Crippen molar-refractivity contribution < 1.29 is 19.0 Å². The topological polar surface area (TPSA) is 70.4 Å². The van der Waals surface area contributed by atoms with E-state index < -0.39 is 12.1 Å². The second kappa shape index (κ2) is 9.02. The fourth-order valence-corrected chi connectivity index (χ4v) is 3.70. The summed E-state index contributed by atoms with van der Waals surface area (Å²) < 4.78 is 7.12. The number of hydrogen-bond acceptors (Lipinski definition) is 3. The summed E-state index contributed by atoms with van der Waals surface area (Å²) in [5.41, 5.74) is 4.96. The van der Waals surface area contributed by atoms with Crippen molar-refractivity contribution >= 4 is 29.6 Å². The molecule has 0 unspecified atom stereocenters. The Kier molecular flexibility index (Phi) is 6.00. The Bertz CT molecular complexity index is 1130. The summed E-state index contributed by atoms with van der Waals surface area (Å²) in [4.78, 5) is 25.7. The van der Waals surface area contributed by atoms with E-state index in [0.717, 1.165) is 11.1 Å². The maximum absolute atomic E-state index is 12.9. The molecule has 31 heavy (non-hydrogen) atoms. The van der Waals surface area contributed by atoms with Gasteiger partial charge in [-0.05, 0) is 36.4 Å². The fraction of sp³-hybridized carbons (Fsp3) is 0.125. The van der Waals surface area contributed by atoms with Crippen LogP contribution >= 0.6 is 11.6 Å². The molecule has 2 atom stereocenters. The molecule has 0 aliphatic carbocycles. The van der Waals surface area contributed by atoms with Crippen LogP contribution in [-0.4, -0.2) is 35.9 Å². The van der Waals surface area contributed by atoms with E-state index in [4.69, 9.17) is 16.3 Å². The number of carbonyl (C=O) groups excluding carboxylic acids is 2. The van der Waals surface area contributed by atoms with Gasteiger partial charge in [0.2, 0.25) is 12.3 Å². The highest BCUT2D eigenvalue weighted by Gasteiger charge is 2.47. The molecule has 1 heterocycles. The van der Waals surface area contributed by atoms with Gasteiger partial charge >= 0.3 is 5.91 Å². The number of nitrogens with zero attached hydrogens (tertiary/aromatic N) is 1. The Morgan fingerprint density at radius 3 is 2.42 bits per heavy atom. The first-order chi connectivity index (χ1) is 15.1. The quantitative estimate of drug-likeness (QED) is 0.605. The van der Waals surface area contributed by atoms with Gasteiger partial charge < -0.3 is 10.1 Å². The predicted octanol–water partition coefficient (Wildman–Crippen LogP) is 3.36. The van der Waals surface area contributed by atoms with Crippen molar-refractivity contribution in [3.63, 3.8) is 0 Å². The highest BCUT2D eigenvalue weighted by molar-refractivity contribution is 6.30. The van der Waals surface area contributed by atoms with Gasteiger partial charge in [-0.2, -0.15) is 0 Å². The normalized spacial score (nSPS) is 19.2. The van der Waals surface area contributed by atoms with Crippen molar-refractivity contribution in [1.82, 2.24) is 10.7 Å². The third-order valence-corrected chi connectivity index (χ3v) is 5.34. The van der Waals surface area contributed by atoms with Crippen LogP contribution in [0.5, 0.6) is 5.75 Å². The average Bonchev–Trinajstić information content (AvgIpc) is 3.09. The Morgan fingerprint density at radius 1 is 1.03 bits per heavy atom. The molecule has 6 nitrogen and oxygen atoms in total. The zero-order chi connectivity index (χ0) is 21.8. The number of hydrazine groups is 1. The van der Waals surface area contributed by atoms with E-state index in [1.807, 2.05) is 42.5 Å². The molecule has 0 radical (unpaired) electrons. The van der Waals surface area contributed by atoms with E-state index in [0.29, 0.717) is 16.3 Å². The molecule has 4 rings (SSSR count). The minimum absolute atomic E-state index is 0.310. The van der Waals surface area contributed by atoms with Crippen LogP contribution in [0, 0.1) is 0 Å². The molecule has 2 amide bonds. The highest BCUT2D eigenvalue weighted by Crippen LogP contribution is 2.27. The number of halogens is 1. The third kappa shape index (κ3) is 4.44. The Labute approximate surface area is 185 Å². The smallest absolute Gasteiger partial charge is 0.304 e. The lowest BCUT2D eigenvalue weighted by molar-refractivity contribution is -0.596. The predicted molar refractivity (Wildman–Crippen MR) is 118 cm³/mol. The first kappa shape index (κ1) is 20.6. The minimum atomic E-state index is -0.806. The van der Waals surface area contributed by atoms with E-state index in [-0.39, 0.29) is 11.8 Å². The van der Waals surface area contributed by atoms with Crippen molar-refractivity contribution in [3.05, 3.63) is 101 Å². The lowest BCUT2D eigenvalue weighted by Gasteiger charge is -2.15. The monoisotopic (exact) mass is 434 g/mol. The van der Waals surface area contributed by atoms with Gasteiger partial charge in [0.05, 0.1) is 12.7 Å². The summed E-state index contributed by atoms with van der Waals surface area (Å²) in [6.07, 6.45) is 1.80. The van der Waals surface area contributed by atoms with Gasteiger partial charge in [0.15, 0.2) is 6.04 Å². The summed E-state index contributed by atoms with van der Waals surface area (Å²) >= 11 is 6.06. The molecule has 156 valence electrons. The van der Waals surface area contributed by atoms with Gasteiger partial charge in [-0.25, -0.2) is 0 Å². The van der Waals surface area contributed by atoms with E-state index in [1.165, 1.54) is 0 Å². The van der Waals surface area contributed by atoms with Crippen LogP contribution in [0.2, 0.25) is 5.02 Å². The first-order valence-corrected chi connectivity index (χ1v) is 10.1. The Balaban J connectivity index is 1.73. The number of ether oxygens (including phenoxy) is 1. The largest absolute Gasteiger partial charge is 0.496 e. The summed E-state index contributed by atoms with van der Waals surface area (Å²) in [6.45, 7) is 0. The molecular weight excluding hydrogens is 414 g/mol. The number of rotatable bonds is 5. The highest BCUT2D eigenvalue weighted by atomic mass is 35.5. The summed E-state index contributed by atoms with van der Waals surface area (Å²) in [5, 5.41) is 3.46. The third-order valence-electron chi connectivity index (χ3n) is 5.09. The molecule has 0 spiro atoms. The van der Waals surface area contributed by atoms with Crippen molar-refractivity contribution in [2.45, 2.75) is 12.1 Å². The molecule has 0 saturated carbocycles. The fourth-order valence-electron chi connectivity index (χ4n) is 3.58. The number of carbonyl (C=O) groups is 2. The van der Waals surface area contributed by atoms with Crippen molar-refractivity contribution in [2.75, 3.05) is 7.11 Å². The maximum atomic E-state index is 12.9. The molecule has 7 heteroatoms. The number of hydrogen-bond donors (Lipinski definition) is 2. The molecule has 1 saturated heterocycles. The van der Waals surface area contributed by atoms with E-state index >= 15 is 0 Å². The van der Waals surface area contributed by atoms with E-state index in [9.17, 15) is 9.59 Å². The molecule has 3 aromatic rings. The standard InChI is InChI=1S/C24H20ClN3O3/c1-31-20-10-6-5-9-18(20)15-28-22(16-11-13-19(25)14-12-16)21(24(30)27-28)26-23(29)17-7-3-2-4-8-17/h2-15,21-22H,1H3,(H-,26,27,29,30)/p+1/b28-15-/t21-,22+/m0/s1. The molecule has 0 bridgehead atoms. The van der Waals surface area contributed by atoms with Crippen LogP contribution in [0.4, 0.5) is 0 Å². The molecule has 2 N–H and O–H groups in total. The summed E-state index contributed by atoms with van der Waals surface area (Å²) in [5.74, 6) is 0.0395. The van der Waals surface area contributed by atoms with Crippen molar-refractivity contribution in [2.24, 2.45) is 0 Å². The lowest BCUT2D eigenvalue weighted by atomic mass is 9.99. The zero-order valence-electron chi connectivity index (χ0n) is 16.8. The van der Waals surface area contributed by atoms with Gasteiger partial charge in [0.1, 0.15) is 5.75 Å². The Morgan fingerprint density at radius 2 is 1.71 bits per heavy atom. The number of nitrogens with one attached hydrogen (secondary N) is 2. The molecule has 3 aromatic carbocycles. The van der Waals surface area contributed by atoms with E-state index in [1.54, 1.807) is 54.4 Å². The average molecular weight is 435 g/mol. The molecule has 1 aliphatic rings. The van der Waals surface area contributed by atoms with Crippen LogP contribution in [0.1, 0.15) is 27.5 Å². The minimum Gasteiger partial charge on any atom is -0.496 e. The molecule has 1 aliphatic heterocycles. The molecule has 0 aromatic heterocycles. The Hall–Kier alpha value is -3.64. The second-order valence-corrected chi connectivity index (χ2v) is 7.50. The van der Waals surface area contributed by atoms with Crippen LogP contribution in [-0.2, 0) is 4.79 Å². The zero-order valence-corrected chi connectivity index (χ0v) is 17.5. The van der Waals surface area contributed by atoms with Crippen LogP contribution < -0.4 is 15.5 Å². The molecular formula is C24H21ClN3O3+. The van der Waals surface area contributed by atoms with E-state index in [2.05, 4.69) is 10.7 Å². The summed E-state index contributed by atoms with van der Waals surface area (Å²) in [6, 6.07) is 22.2. The van der Waals surface area contributed by atoms with Gasteiger partial charge in [-0.3, -0.25) is 9.59 Å². The number of para-hydroxylation sites is 1. The summed E-state index contributed by atoms with van der Waals surface area (Å²) in [7, 11) is 1.59. The van der Waals surface area contributed by atoms with Gasteiger partial charge in [-0.15, -0.1) is 10.1 Å². The van der Waals surface area contributed by atoms with Gasteiger partial charge in [0.25, 0.3) is 5.91 Å². The number of benzene rings is 3. The van der Waals surface area contributed by atoms with Crippen LogP contribution in [0.25, 0.3) is 0 Å². The maximum Gasteiger partial charge on any atom is 0.304 e. The second-order valence-electron chi connectivity index (χ2n) is 7.07. The first-order valence-electron chi connectivity index (χ1n) is 9.75. The van der Waals surface area contributed by atoms with Crippen molar-refractivity contribution in [1.29, 1.82) is 0 Å². The number of hydrazone groups is 1. The van der Waals surface area contributed by atoms with Crippen LogP contribution in [0.15, 0.2) is 78.9 Å². The molecule has 1 fully saturated rings.